The number of hydrogen-bond donors (Lipinski definition) is 0. The molecule has 6 nitrogen and oxygen atoms in total. The molecule has 422 valence electrons. The van der Waals surface area contributed by atoms with Crippen molar-refractivity contribution >= 4 is 17.9 Å². The minimum absolute atomic E-state index is 0.0839. The lowest BCUT2D eigenvalue weighted by molar-refractivity contribution is -0.167. The number of carbonyl (C=O) groups excluding carboxylic acids is 3. The molecule has 0 bridgehead atoms. The van der Waals surface area contributed by atoms with E-state index in [9.17, 15) is 14.4 Å². The highest BCUT2D eigenvalue weighted by atomic mass is 16.6. The second-order valence-electron chi connectivity index (χ2n) is 20.9. The van der Waals surface area contributed by atoms with Gasteiger partial charge in [0, 0.05) is 19.3 Å². The van der Waals surface area contributed by atoms with Crippen LogP contribution < -0.4 is 0 Å². The molecule has 0 spiro atoms. The molecule has 0 fully saturated rings. The molecule has 73 heavy (non-hydrogen) atoms. The largest absolute Gasteiger partial charge is 0.462 e. The fourth-order valence-corrected chi connectivity index (χ4v) is 9.00. The second kappa shape index (κ2) is 61.4. The zero-order valence-electron chi connectivity index (χ0n) is 48.4. The maximum absolute atomic E-state index is 12.9. The van der Waals surface area contributed by atoms with Crippen molar-refractivity contribution in [3.8, 4) is 0 Å². The quantitative estimate of drug-likeness (QED) is 0.0261. The lowest BCUT2D eigenvalue weighted by Gasteiger charge is -2.18. The smallest absolute Gasteiger partial charge is 0.306 e. The summed E-state index contributed by atoms with van der Waals surface area (Å²) in [4.78, 5) is 38.3. The minimum atomic E-state index is -0.790. The first-order valence-electron chi connectivity index (χ1n) is 31.4. The van der Waals surface area contributed by atoms with Crippen LogP contribution in [0.25, 0.3) is 0 Å². The Hall–Kier alpha value is -3.15. The topological polar surface area (TPSA) is 78.9 Å². The Morgan fingerprint density at radius 1 is 0.288 bits per heavy atom. The average Bonchev–Trinajstić information content (AvgIpc) is 3.39. The Balaban J connectivity index is 4.39. The van der Waals surface area contributed by atoms with Crippen LogP contribution in [0.1, 0.15) is 316 Å². The minimum Gasteiger partial charge on any atom is -0.462 e. The molecule has 0 radical (unpaired) electrons. The van der Waals surface area contributed by atoms with Crippen molar-refractivity contribution in [2.24, 2.45) is 0 Å². The summed E-state index contributed by atoms with van der Waals surface area (Å²) in [5.74, 6) is -0.897. The molecule has 0 saturated carbocycles. The number of esters is 3. The van der Waals surface area contributed by atoms with Crippen LogP contribution in [-0.4, -0.2) is 37.2 Å². The lowest BCUT2D eigenvalue weighted by Crippen LogP contribution is -2.30. The van der Waals surface area contributed by atoms with Gasteiger partial charge < -0.3 is 14.2 Å². The molecule has 0 amide bonds. The van der Waals surface area contributed by atoms with Gasteiger partial charge in [-0.1, -0.05) is 280 Å². The molecular weight excluding hydrogens is 901 g/mol. The van der Waals surface area contributed by atoms with Crippen LogP contribution in [0, 0.1) is 0 Å². The van der Waals surface area contributed by atoms with Gasteiger partial charge in [-0.15, -0.1) is 0 Å². The molecule has 0 unspecified atom stereocenters. The van der Waals surface area contributed by atoms with Crippen LogP contribution in [0.4, 0.5) is 0 Å². The first-order valence-corrected chi connectivity index (χ1v) is 31.4. The average molecular weight is 1020 g/mol. The molecule has 0 rings (SSSR count). The van der Waals surface area contributed by atoms with Crippen molar-refractivity contribution in [3.05, 3.63) is 72.9 Å². The van der Waals surface area contributed by atoms with E-state index in [2.05, 4.69) is 93.7 Å². The van der Waals surface area contributed by atoms with E-state index < -0.39 is 6.10 Å². The van der Waals surface area contributed by atoms with Gasteiger partial charge in [0.05, 0.1) is 0 Å². The highest BCUT2D eigenvalue weighted by molar-refractivity contribution is 5.71. The molecule has 0 aromatic rings. The predicted molar refractivity (Wildman–Crippen MR) is 316 cm³/mol. The summed E-state index contributed by atoms with van der Waals surface area (Å²) in [5, 5.41) is 0. The Morgan fingerprint density at radius 3 is 0.863 bits per heavy atom. The van der Waals surface area contributed by atoms with Crippen molar-refractivity contribution in [2.45, 2.75) is 322 Å². The van der Waals surface area contributed by atoms with Gasteiger partial charge in [-0.25, -0.2) is 0 Å². The molecule has 0 aromatic heterocycles. The van der Waals surface area contributed by atoms with Gasteiger partial charge in [0.2, 0.25) is 0 Å². The van der Waals surface area contributed by atoms with Gasteiger partial charge in [0.1, 0.15) is 13.2 Å². The third-order valence-corrected chi connectivity index (χ3v) is 13.7. The van der Waals surface area contributed by atoms with Gasteiger partial charge >= 0.3 is 17.9 Å². The molecule has 0 N–H and O–H groups in total. The Labute approximate surface area is 453 Å². The summed E-state index contributed by atoms with van der Waals surface area (Å²) in [6.45, 7) is 6.52. The number of rotatable bonds is 57. The van der Waals surface area contributed by atoms with Crippen LogP contribution in [0.15, 0.2) is 72.9 Å². The zero-order valence-corrected chi connectivity index (χ0v) is 48.4. The number of carbonyl (C=O) groups is 3. The number of hydrogen-bond acceptors (Lipinski definition) is 6. The fraction of sp³-hybridized carbons (Fsp3) is 0.776. The van der Waals surface area contributed by atoms with E-state index in [1.807, 2.05) is 0 Å². The Morgan fingerprint density at radius 2 is 0.534 bits per heavy atom. The van der Waals surface area contributed by atoms with Crippen molar-refractivity contribution in [1.82, 2.24) is 0 Å². The molecule has 0 heterocycles. The van der Waals surface area contributed by atoms with Crippen molar-refractivity contribution < 1.29 is 28.6 Å². The second-order valence-corrected chi connectivity index (χ2v) is 20.9. The summed E-state index contributed by atoms with van der Waals surface area (Å²) in [5.41, 5.74) is 0. The van der Waals surface area contributed by atoms with E-state index in [0.29, 0.717) is 19.3 Å². The van der Waals surface area contributed by atoms with Gasteiger partial charge in [0.25, 0.3) is 0 Å². The van der Waals surface area contributed by atoms with Crippen molar-refractivity contribution in [2.75, 3.05) is 13.2 Å². The third-order valence-electron chi connectivity index (χ3n) is 13.7. The summed E-state index contributed by atoms with van der Waals surface area (Å²) in [7, 11) is 0. The normalized spacial score (nSPS) is 12.5. The van der Waals surface area contributed by atoms with Gasteiger partial charge in [-0.2, -0.15) is 0 Å². The Kier molecular flexibility index (Phi) is 58.7. The van der Waals surface area contributed by atoms with Crippen LogP contribution in [0.3, 0.4) is 0 Å². The highest BCUT2D eigenvalue weighted by Crippen LogP contribution is 2.17. The lowest BCUT2D eigenvalue weighted by atomic mass is 10.0. The van der Waals surface area contributed by atoms with Crippen molar-refractivity contribution in [1.29, 1.82) is 0 Å². The van der Waals surface area contributed by atoms with Crippen molar-refractivity contribution in [3.63, 3.8) is 0 Å². The Bertz CT molecular complexity index is 1360. The van der Waals surface area contributed by atoms with Gasteiger partial charge in [0.15, 0.2) is 6.10 Å². The van der Waals surface area contributed by atoms with Gasteiger partial charge in [-0.05, 0) is 89.9 Å². The maximum Gasteiger partial charge on any atom is 0.306 e. The predicted octanol–water partition coefficient (Wildman–Crippen LogP) is 21.3. The number of ether oxygens (including phenoxy) is 3. The monoisotopic (exact) mass is 1020 g/mol. The van der Waals surface area contributed by atoms with E-state index in [1.54, 1.807) is 0 Å². The van der Waals surface area contributed by atoms with E-state index in [4.69, 9.17) is 14.2 Å². The highest BCUT2D eigenvalue weighted by Gasteiger charge is 2.19. The number of unbranched alkanes of at least 4 members (excludes halogenated alkanes) is 34. The molecule has 6 heteroatoms. The van der Waals surface area contributed by atoms with Crippen LogP contribution >= 0.6 is 0 Å². The molecule has 0 aliphatic rings. The summed E-state index contributed by atoms with van der Waals surface area (Å²) in [6.07, 6.45) is 79.0. The first-order chi connectivity index (χ1) is 36.0. The molecular formula is C67H118O6. The van der Waals surface area contributed by atoms with E-state index >= 15 is 0 Å². The van der Waals surface area contributed by atoms with E-state index in [0.717, 1.165) is 103 Å². The maximum atomic E-state index is 12.9. The summed E-state index contributed by atoms with van der Waals surface area (Å²) < 4.78 is 16.9. The summed E-state index contributed by atoms with van der Waals surface area (Å²) in [6, 6.07) is 0. The van der Waals surface area contributed by atoms with Crippen LogP contribution in [0.5, 0.6) is 0 Å². The first kappa shape index (κ1) is 69.8. The molecule has 0 aliphatic carbocycles. The standard InChI is InChI=1S/C67H118O6/c1-4-7-10-13-16-19-22-25-28-31-33-36-38-41-44-47-50-53-56-59-65(68)71-62-64(73-67(70)61-58-55-52-49-46-43-40-35-30-27-24-21-18-15-12-9-6-3)63-72-66(69)60-57-54-51-48-45-42-39-37-34-32-29-26-23-20-17-14-11-8-5-2/h9,12,16,18-19,21,25,27-28,30,40,43,64H,4-8,10-11,13-15,17,20,22-24,26,29,31-39,41-42,44-63H2,1-3H3/b12-9-,19-16-,21-18-,28-25-,30-27-,43-40-/t64-/m1/s1. The zero-order chi connectivity index (χ0) is 52.9. The molecule has 0 aromatic carbocycles. The molecule has 0 aliphatic heterocycles. The van der Waals surface area contributed by atoms with Crippen LogP contribution in [-0.2, 0) is 28.6 Å². The molecule has 1 atom stereocenters. The fourth-order valence-electron chi connectivity index (χ4n) is 9.00. The van der Waals surface area contributed by atoms with Crippen LogP contribution in [0.2, 0.25) is 0 Å². The summed E-state index contributed by atoms with van der Waals surface area (Å²) >= 11 is 0. The van der Waals surface area contributed by atoms with E-state index in [1.165, 1.54) is 173 Å². The number of allylic oxidation sites excluding steroid dienone is 12. The molecule has 0 saturated heterocycles. The third kappa shape index (κ3) is 59.6. The van der Waals surface area contributed by atoms with E-state index in [-0.39, 0.29) is 31.1 Å². The van der Waals surface area contributed by atoms with Gasteiger partial charge in [-0.3, -0.25) is 14.4 Å². The SMILES string of the molecule is CC/C=C\C/C=C\C/C=C\C/C=C\CCCCCCC(=O)O[C@H](COC(=O)CCCCCCCCCCC/C=C\C/C=C\CCCCC)COC(=O)CCCCCCCCCCCCCCCCCCCCC.